The summed E-state index contributed by atoms with van der Waals surface area (Å²) in [4.78, 5) is 10.5. The maximum atomic E-state index is 10.5. The molecule has 0 saturated carbocycles. The molecule has 0 saturated heterocycles. The van der Waals surface area contributed by atoms with Gasteiger partial charge in [-0.25, -0.2) is 0 Å². The van der Waals surface area contributed by atoms with Crippen LogP contribution in [0.3, 0.4) is 0 Å². The summed E-state index contributed by atoms with van der Waals surface area (Å²) in [6.07, 6.45) is 7.20. The van der Waals surface area contributed by atoms with Gasteiger partial charge in [-0.15, -0.1) is 0 Å². The summed E-state index contributed by atoms with van der Waals surface area (Å²) in [7, 11) is 0. The molecular formula is C12H27NO2Sn. The van der Waals surface area contributed by atoms with E-state index in [1.165, 1.54) is 51.8 Å². The average Bonchev–Trinajstić information content (AvgIpc) is 2.31. The van der Waals surface area contributed by atoms with Crippen molar-refractivity contribution in [2.75, 3.05) is 0 Å². The minimum absolute atomic E-state index is 1.18. The van der Waals surface area contributed by atoms with E-state index < -0.39 is 18.8 Å². The monoisotopic (exact) mass is 337 g/mol. The van der Waals surface area contributed by atoms with Crippen molar-refractivity contribution in [3.05, 3.63) is 4.91 Å². The molecule has 0 aliphatic heterocycles. The van der Waals surface area contributed by atoms with Gasteiger partial charge in [0.15, 0.2) is 0 Å². The van der Waals surface area contributed by atoms with Crippen molar-refractivity contribution in [3.63, 3.8) is 0 Å². The van der Waals surface area contributed by atoms with E-state index in [4.69, 9.17) is 3.17 Å². The third-order valence-corrected chi connectivity index (χ3v) is 15.3. The van der Waals surface area contributed by atoms with Crippen molar-refractivity contribution in [2.45, 2.75) is 72.6 Å². The van der Waals surface area contributed by atoms with Gasteiger partial charge in [-0.05, 0) is 0 Å². The van der Waals surface area contributed by atoms with Crippen LogP contribution in [0.4, 0.5) is 0 Å². The van der Waals surface area contributed by atoms with E-state index in [0.717, 1.165) is 0 Å². The molecule has 4 heteroatoms. The Morgan fingerprint density at radius 1 is 0.875 bits per heavy atom. The molecule has 0 bridgehead atoms. The van der Waals surface area contributed by atoms with Crippen LogP contribution in [0.25, 0.3) is 0 Å². The van der Waals surface area contributed by atoms with Crippen LogP contribution in [0.5, 0.6) is 0 Å². The first kappa shape index (κ1) is 16.2. The van der Waals surface area contributed by atoms with Gasteiger partial charge in [0.2, 0.25) is 0 Å². The van der Waals surface area contributed by atoms with Crippen molar-refractivity contribution >= 4 is 18.8 Å². The van der Waals surface area contributed by atoms with Gasteiger partial charge >= 0.3 is 105 Å². The molecule has 0 rings (SSSR count). The van der Waals surface area contributed by atoms with E-state index in [1.54, 1.807) is 0 Å². The molecule has 0 amide bonds. The van der Waals surface area contributed by atoms with E-state index in [9.17, 15) is 4.91 Å². The fraction of sp³-hybridized carbons (Fsp3) is 1.00. The zero-order valence-electron chi connectivity index (χ0n) is 11.1. The predicted molar refractivity (Wildman–Crippen MR) is 71.8 cm³/mol. The Hall–Kier alpha value is 0.199. The third-order valence-electron chi connectivity index (χ3n) is 3.19. The zero-order chi connectivity index (χ0) is 12.3. The molecule has 0 atom stereocenters. The van der Waals surface area contributed by atoms with Crippen molar-refractivity contribution in [2.24, 2.45) is 5.34 Å². The molecular weight excluding hydrogens is 309 g/mol. The molecule has 0 aliphatic rings. The molecule has 0 radical (unpaired) electrons. The molecule has 0 N–H and O–H groups in total. The Kier molecular flexibility index (Phi) is 10.5. The summed E-state index contributed by atoms with van der Waals surface area (Å²) in [6, 6.07) is 0. The van der Waals surface area contributed by atoms with E-state index in [-0.39, 0.29) is 0 Å². The molecule has 0 aromatic heterocycles. The van der Waals surface area contributed by atoms with Crippen LogP contribution in [-0.4, -0.2) is 18.8 Å². The first-order valence-electron chi connectivity index (χ1n) is 6.75. The fourth-order valence-electron chi connectivity index (χ4n) is 2.09. The van der Waals surface area contributed by atoms with E-state index in [1.807, 2.05) is 0 Å². The van der Waals surface area contributed by atoms with Crippen LogP contribution in [0.2, 0.25) is 13.3 Å². The van der Waals surface area contributed by atoms with E-state index in [0.29, 0.717) is 0 Å². The minimum atomic E-state index is -2.64. The SMILES string of the molecule is CCC[CH2][Sn]([CH2]CCC)([CH2]CCC)[O]N=O. The van der Waals surface area contributed by atoms with E-state index in [2.05, 4.69) is 26.1 Å². The number of hydrogen-bond acceptors (Lipinski definition) is 3. The quantitative estimate of drug-likeness (QED) is 0.302. The van der Waals surface area contributed by atoms with Gasteiger partial charge in [-0.1, -0.05) is 0 Å². The van der Waals surface area contributed by atoms with Crippen LogP contribution in [0.1, 0.15) is 59.3 Å². The molecule has 96 valence electrons. The molecule has 3 nitrogen and oxygen atoms in total. The summed E-state index contributed by atoms with van der Waals surface area (Å²) in [5.41, 5.74) is 0. The van der Waals surface area contributed by atoms with Crippen LogP contribution >= 0.6 is 0 Å². The fourth-order valence-corrected chi connectivity index (χ4v) is 14.0. The summed E-state index contributed by atoms with van der Waals surface area (Å²) in [6.45, 7) is 6.60. The predicted octanol–water partition coefficient (Wildman–Crippen LogP) is 5.03. The number of rotatable bonds is 11. The van der Waals surface area contributed by atoms with Crippen LogP contribution in [0.15, 0.2) is 5.34 Å². The van der Waals surface area contributed by atoms with Gasteiger partial charge in [-0.2, -0.15) is 0 Å². The summed E-state index contributed by atoms with van der Waals surface area (Å²) in [5, 5.41) is 2.81. The van der Waals surface area contributed by atoms with Gasteiger partial charge < -0.3 is 0 Å². The van der Waals surface area contributed by atoms with Gasteiger partial charge in [0.25, 0.3) is 0 Å². The second-order valence-corrected chi connectivity index (χ2v) is 16.2. The Bertz CT molecular complexity index is 155. The Morgan fingerprint density at radius 3 is 1.50 bits per heavy atom. The molecule has 0 aromatic rings. The van der Waals surface area contributed by atoms with Crippen molar-refractivity contribution < 1.29 is 3.17 Å². The Labute approximate surface area is 105 Å². The maximum absolute atomic E-state index is 10.5. The summed E-state index contributed by atoms with van der Waals surface area (Å²) < 4.78 is 8.95. The normalized spacial score (nSPS) is 11.4. The van der Waals surface area contributed by atoms with Gasteiger partial charge in [-0.3, -0.25) is 0 Å². The number of nitrogens with zero attached hydrogens (tertiary/aromatic N) is 1. The topological polar surface area (TPSA) is 38.7 Å². The standard InChI is InChI=1S/3C4H9.HNO2.Sn/c3*1-3-4-2;2-1-3;/h3*1,3-4H2,2H3;(H,2,3);/q;;;;+1/p-1. The second-order valence-electron chi connectivity index (χ2n) is 4.66. The van der Waals surface area contributed by atoms with Crippen molar-refractivity contribution in [3.8, 4) is 0 Å². The summed E-state index contributed by atoms with van der Waals surface area (Å²) in [5.74, 6) is 0. The number of hydrogen-bond donors (Lipinski definition) is 0. The third kappa shape index (κ3) is 6.71. The van der Waals surface area contributed by atoms with Gasteiger partial charge in [0.1, 0.15) is 0 Å². The van der Waals surface area contributed by atoms with Gasteiger partial charge in [0, 0.05) is 0 Å². The molecule has 0 aliphatic carbocycles. The molecule has 0 aromatic carbocycles. The van der Waals surface area contributed by atoms with Crippen LogP contribution in [-0.2, 0) is 3.17 Å². The second kappa shape index (κ2) is 10.4. The molecule has 0 heterocycles. The average molecular weight is 336 g/mol. The Morgan fingerprint density at radius 2 is 1.25 bits per heavy atom. The molecule has 0 spiro atoms. The van der Waals surface area contributed by atoms with Gasteiger partial charge in [0.05, 0.1) is 0 Å². The van der Waals surface area contributed by atoms with Crippen molar-refractivity contribution in [1.82, 2.24) is 0 Å². The van der Waals surface area contributed by atoms with Crippen molar-refractivity contribution in [1.29, 1.82) is 0 Å². The Balaban J connectivity index is 4.37. The van der Waals surface area contributed by atoms with E-state index >= 15 is 0 Å². The molecule has 0 unspecified atom stereocenters. The zero-order valence-corrected chi connectivity index (χ0v) is 14.0. The molecule has 0 fully saturated rings. The van der Waals surface area contributed by atoms with Crippen LogP contribution in [0, 0.1) is 4.91 Å². The van der Waals surface area contributed by atoms with Crippen LogP contribution < -0.4 is 0 Å². The molecule has 16 heavy (non-hydrogen) atoms. The summed E-state index contributed by atoms with van der Waals surface area (Å²) >= 11 is -2.64. The number of unbranched alkanes of at least 4 members (excludes halogenated alkanes) is 3. The first-order valence-corrected chi connectivity index (χ1v) is 14.0. The first-order chi connectivity index (χ1) is 7.74.